The molecule has 0 atom stereocenters. The molecule has 132 valence electrons. The Bertz CT molecular complexity index is 904. The van der Waals surface area contributed by atoms with Crippen molar-refractivity contribution in [3.8, 4) is 10.8 Å². The topological polar surface area (TPSA) is 81.4 Å². The molecule has 0 unspecified atom stereocenters. The van der Waals surface area contributed by atoms with E-state index in [2.05, 4.69) is 10.3 Å². The van der Waals surface area contributed by atoms with E-state index < -0.39 is 9.84 Å². The number of oxazole rings is 1. The summed E-state index contributed by atoms with van der Waals surface area (Å²) in [7, 11) is -2.16. The number of anilines is 1. The van der Waals surface area contributed by atoms with Gasteiger partial charge in [0.15, 0.2) is 0 Å². The maximum absolute atomic E-state index is 12.9. The molecule has 0 bridgehead atoms. The third-order valence-electron chi connectivity index (χ3n) is 3.45. The van der Waals surface area contributed by atoms with Gasteiger partial charge >= 0.3 is 0 Å². The highest BCUT2D eigenvalue weighted by atomic mass is 32.2. The molecule has 2 aromatic heterocycles. The summed E-state index contributed by atoms with van der Waals surface area (Å²) in [6.07, 6.45) is 0.719. The standard InChI is InChI=1S/C17H18N2O4S2/c1-22-11-6-10-18-16-17(19-15(23-16)14-9-5-12-24-14)25(20,21)13-7-3-2-4-8-13/h2-5,7-9,12,18H,6,10-11H2,1H3. The van der Waals surface area contributed by atoms with E-state index in [-0.39, 0.29) is 15.8 Å². The molecule has 1 N–H and O–H groups in total. The normalized spacial score (nSPS) is 11.6. The van der Waals surface area contributed by atoms with Crippen LogP contribution in [0.3, 0.4) is 0 Å². The summed E-state index contributed by atoms with van der Waals surface area (Å²) in [4.78, 5) is 5.22. The Kier molecular flexibility index (Phi) is 5.52. The van der Waals surface area contributed by atoms with Crippen molar-refractivity contribution in [1.82, 2.24) is 4.98 Å². The van der Waals surface area contributed by atoms with Gasteiger partial charge in [-0.2, -0.15) is 4.98 Å². The Morgan fingerprint density at radius 1 is 1.20 bits per heavy atom. The maximum atomic E-state index is 12.9. The van der Waals surface area contributed by atoms with Gasteiger partial charge in [-0.05, 0) is 30.0 Å². The Balaban J connectivity index is 1.98. The van der Waals surface area contributed by atoms with Gasteiger partial charge in [-0.15, -0.1) is 11.3 Å². The van der Waals surface area contributed by atoms with Crippen molar-refractivity contribution in [1.29, 1.82) is 0 Å². The second kappa shape index (κ2) is 7.81. The number of rotatable bonds is 8. The fraction of sp³-hybridized carbons (Fsp3) is 0.235. The van der Waals surface area contributed by atoms with Crippen molar-refractivity contribution in [3.05, 3.63) is 47.8 Å². The summed E-state index contributed by atoms with van der Waals surface area (Å²) < 4.78 is 36.6. The van der Waals surface area contributed by atoms with Gasteiger partial charge in [-0.25, -0.2) is 8.42 Å². The number of nitrogens with one attached hydrogen (secondary N) is 1. The highest BCUT2D eigenvalue weighted by Gasteiger charge is 2.28. The number of methoxy groups -OCH3 is 1. The number of ether oxygens (including phenoxy) is 1. The van der Waals surface area contributed by atoms with Crippen LogP contribution in [0.25, 0.3) is 10.8 Å². The predicted molar refractivity (Wildman–Crippen MR) is 96.7 cm³/mol. The van der Waals surface area contributed by atoms with E-state index in [4.69, 9.17) is 9.15 Å². The van der Waals surface area contributed by atoms with Gasteiger partial charge in [-0.3, -0.25) is 0 Å². The lowest BCUT2D eigenvalue weighted by atomic mass is 10.4. The SMILES string of the molecule is COCCCNc1oc(-c2cccs2)nc1S(=O)(=O)c1ccccc1. The Morgan fingerprint density at radius 2 is 2.00 bits per heavy atom. The highest BCUT2D eigenvalue weighted by Crippen LogP contribution is 2.33. The average molecular weight is 378 g/mol. The molecule has 0 saturated heterocycles. The van der Waals surface area contributed by atoms with Gasteiger partial charge in [0.05, 0.1) is 9.77 Å². The van der Waals surface area contributed by atoms with Crippen LogP contribution in [0.5, 0.6) is 0 Å². The molecule has 6 nitrogen and oxygen atoms in total. The summed E-state index contributed by atoms with van der Waals surface area (Å²) in [6, 6.07) is 11.9. The van der Waals surface area contributed by atoms with Crippen molar-refractivity contribution in [2.24, 2.45) is 0 Å². The van der Waals surface area contributed by atoms with E-state index in [0.29, 0.717) is 19.0 Å². The second-order valence-corrected chi connectivity index (χ2v) is 8.03. The minimum atomic E-state index is -3.78. The van der Waals surface area contributed by atoms with Crippen molar-refractivity contribution in [2.45, 2.75) is 16.3 Å². The second-order valence-electron chi connectivity index (χ2n) is 5.22. The first-order chi connectivity index (χ1) is 12.1. The van der Waals surface area contributed by atoms with Gasteiger partial charge in [0, 0.05) is 20.3 Å². The van der Waals surface area contributed by atoms with E-state index in [9.17, 15) is 8.42 Å². The van der Waals surface area contributed by atoms with Gasteiger partial charge in [0.2, 0.25) is 26.6 Å². The summed E-state index contributed by atoms with van der Waals surface area (Å²) >= 11 is 1.44. The van der Waals surface area contributed by atoms with E-state index in [1.54, 1.807) is 37.4 Å². The zero-order chi connectivity index (χ0) is 17.7. The molecule has 0 aliphatic heterocycles. The molecule has 3 rings (SSSR count). The Morgan fingerprint density at radius 3 is 2.68 bits per heavy atom. The summed E-state index contributed by atoms with van der Waals surface area (Å²) in [6.45, 7) is 1.09. The number of nitrogens with zero attached hydrogens (tertiary/aromatic N) is 1. The molecule has 0 radical (unpaired) electrons. The van der Waals surface area contributed by atoms with Gasteiger partial charge in [0.1, 0.15) is 0 Å². The smallest absolute Gasteiger partial charge is 0.240 e. The Labute approximate surface area is 150 Å². The van der Waals surface area contributed by atoms with Gasteiger partial charge < -0.3 is 14.5 Å². The molecule has 2 heterocycles. The molecule has 0 saturated carbocycles. The van der Waals surface area contributed by atoms with E-state index in [1.807, 2.05) is 17.5 Å². The Hall–Kier alpha value is -2.16. The first-order valence-electron chi connectivity index (χ1n) is 7.70. The fourth-order valence-electron chi connectivity index (χ4n) is 2.24. The molecule has 8 heteroatoms. The average Bonchev–Trinajstić information content (AvgIpc) is 3.29. The van der Waals surface area contributed by atoms with Crippen LogP contribution >= 0.6 is 11.3 Å². The number of sulfone groups is 1. The molecule has 1 aromatic carbocycles. The quantitative estimate of drug-likeness (QED) is 0.602. The first-order valence-corrected chi connectivity index (χ1v) is 10.1. The monoisotopic (exact) mass is 378 g/mol. The van der Waals surface area contributed by atoms with Gasteiger partial charge in [0.25, 0.3) is 0 Å². The predicted octanol–water partition coefficient (Wildman–Crippen LogP) is 3.68. The van der Waals surface area contributed by atoms with E-state index in [0.717, 1.165) is 11.3 Å². The lowest BCUT2D eigenvalue weighted by molar-refractivity contribution is 0.197. The zero-order valence-corrected chi connectivity index (χ0v) is 15.3. The lowest BCUT2D eigenvalue weighted by Gasteiger charge is -2.05. The lowest BCUT2D eigenvalue weighted by Crippen LogP contribution is -2.09. The summed E-state index contributed by atoms with van der Waals surface area (Å²) in [5, 5.41) is 4.81. The largest absolute Gasteiger partial charge is 0.418 e. The number of thiophene rings is 1. The minimum absolute atomic E-state index is 0.0977. The number of hydrogen-bond acceptors (Lipinski definition) is 7. The number of hydrogen-bond donors (Lipinski definition) is 1. The molecule has 0 aliphatic rings. The van der Waals surface area contributed by atoms with Crippen LogP contribution in [0, 0.1) is 0 Å². The molecular formula is C17H18N2O4S2. The minimum Gasteiger partial charge on any atom is -0.418 e. The zero-order valence-electron chi connectivity index (χ0n) is 13.6. The van der Waals surface area contributed by atoms with Crippen LogP contribution in [0.4, 0.5) is 5.88 Å². The maximum Gasteiger partial charge on any atom is 0.240 e. The van der Waals surface area contributed by atoms with Crippen LogP contribution in [-0.4, -0.2) is 33.7 Å². The van der Waals surface area contributed by atoms with Gasteiger partial charge in [-0.1, -0.05) is 24.3 Å². The molecule has 0 fully saturated rings. The van der Waals surface area contributed by atoms with Crippen LogP contribution in [-0.2, 0) is 14.6 Å². The number of benzene rings is 1. The fourth-order valence-corrected chi connectivity index (χ4v) is 4.18. The molecular weight excluding hydrogens is 360 g/mol. The summed E-state index contributed by atoms with van der Waals surface area (Å²) in [5.41, 5.74) is 0. The number of aromatic nitrogens is 1. The van der Waals surface area contributed by atoms with Crippen LogP contribution in [0.1, 0.15) is 6.42 Å². The van der Waals surface area contributed by atoms with E-state index in [1.165, 1.54) is 11.3 Å². The van der Waals surface area contributed by atoms with Crippen LogP contribution in [0.2, 0.25) is 0 Å². The van der Waals surface area contributed by atoms with Crippen LogP contribution < -0.4 is 5.32 Å². The first kappa shape index (κ1) is 17.7. The third-order valence-corrected chi connectivity index (χ3v) is 5.98. The van der Waals surface area contributed by atoms with Crippen molar-refractivity contribution in [3.63, 3.8) is 0 Å². The molecule has 0 spiro atoms. The molecule has 3 aromatic rings. The van der Waals surface area contributed by atoms with Crippen molar-refractivity contribution in [2.75, 3.05) is 25.6 Å². The summed E-state index contributed by atoms with van der Waals surface area (Å²) in [5.74, 6) is 0.446. The third kappa shape index (κ3) is 3.92. The van der Waals surface area contributed by atoms with Crippen LogP contribution in [0.15, 0.2) is 62.2 Å². The molecule has 25 heavy (non-hydrogen) atoms. The molecule has 0 amide bonds. The molecule has 0 aliphatic carbocycles. The van der Waals surface area contributed by atoms with Crippen molar-refractivity contribution >= 4 is 27.1 Å². The highest BCUT2D eigenvalue weighted by molar-refractivity contribution is 7.91. The van der Waals surface area contributed by atoms with Crippen molar-refractivity contribution < 1.29 is 17.6 Å². The van der Waals surface area contributed by atoms with E-state index >= 15 is 0 Å².